The second kappa shape index (κ2) is 9.75. The number of hydrogen-bond acceptors (Lipinski definition) is 6. The van der Waals surface area contributed by atoms with Gasteiger partial charge in [0.2, 0.25) is 5.91 Å². The van der Waals surface area contributed by atoms with E-state index in [1.165, 1.54) is 12.1 Å². The van der Waals surface area contributed by atoms with Crippen LogP contribution in [0.3, 0.4) is 0 Å². The number of aliphatic hydroxyl groups is 1. The number of carbonyl (C=O) groups is 1. The van der Waals surface area contributed by atoms with Crippen molar-refractivity contribution >= 4 is 21.6 Å². The maximum Gasteiger partial charge on any atom is 0.261 e. The van der Waals surface area contributed by atoms with Crippen molar-refractivity contribution in [3.8, 4) is 5.75 Å². The van der Waals surface area contributed by atoms with E-state index in [1.54, 1.807) is 18.2 Å². The van der Waals surface area contributed by atoms with Gasteiger partial charge >= 0.3 is 0 Å². The first kappa shape index (κ1) is 24.0. The van der Waals surface area contributed by atoms with Crippen LogP contribution in [-0.2, 0) is 19.6 Å². The lowest BCUT2D eigenvalue weighted by Crippen LogP contribution is -2.47. The molecule has 8 nitrogen and oxygen atoms in total. The lowest BCUT2D eigenvalue weighted by Gasteiger charge is -2.37. The van der Waals surface area contributed by atoms with Crippen LogP contribution >= 0.6 is 0 Å². The van der Waals surface area contributed by atoms with Gasteiger partial charge in [-0.3, -0.25) is 9.52 Å². The number of ether oxygens (including phenoxy) is 2. The zero-order valence-electron chi connectivity index (χ0n) is 19.2. The van der Waals surface area contributed by atoms with E-state index in [9.17, 15) is 22.7 Å². The molecule has 0 unspecified atom stereocenters. The lowest BCUT2D eigenvalue weighted by molar-refractivity contribution is -0.142. The first-order valence-electron chi connectivity index (χ1n) is 12.0. The summed E-state index contributed by atoms with van der Waals surface area (Å²) in [5, 5.41) is 13.0. The third-order valence-electron chi connectivity index (χ3n) is 7.01. The predicted octanol–water partition coefficient (Wildman–Crippen LogP) is 3.07. The minimum atomic E-state index is -3.91. The Kier molecular flexibility index (Phi) is 6.69. The smallest absolute Gasteiger partial charge is 0.261 e. The maximum atomic E-state index is 13.2. The van der Waals surface area contributed by atoms with Crippen molar-refractivity contribution in [1.82, 2.24) is 5.32 Å². The number of anilines is 1. The molecule has 3 aliphatic rings. The molecule has 1 aliphatic carbocycles. The minimum absolute atomic E-state index is 0.0479. The SMILES string of the molecule is O=C(C[C@@H]1C[C@H]2c3cc(NS(=O)(=O)c4ccc(F)cc4)ccc3O[C@H]2[C@H](CO)O1)NC1CCCC1. The lowest BCUT2D eigenvalue weighted by atomic mass is 9.84. The van der Waals surface area contributed by atoms with Gasteiger partial charge in [0.25, 0.3) is 10.0 Å². The van der Waals surface area contributed by atoms with Crippen molar-refractivity contribution in [2.75, 3.05) is 11.3 Å². The van der Waals surface area contributed by atoms with Crippen molar-refractivity contribution in [3.63, 3.8) is 0 Å². The Morgan fingerprint density at radius 1 is 1.11 bits per heavy atom. The molecule has 0 aromatic heterocycles. The zero-order valence-corrected chi connectivity index (χ0v) is 20.0. The van der Waals surface area contributed by atoms with Crippen LogP contribution in [0, 0.1) is 5.82 Å². The summed E-state index contributed by atoms with van der Waals surface area (Å²) in [6.07, 6.45) is 3.56. The van der Waals surface area contributed by atoms with Crippen LogP contribution in [-0.4, -0.2) is 50.4 Å². The van der Waals surface area contributed by atoms with Crippen molar-refractivity contribution in [1.29, 1.82) is 0 Å². The number of hydrogen-bond donors (Lipinski definition) is 3. The summed E-state index contributed by atoms with van der Waals surface area (Å²) in [6, 6.07) is 9.82. The molecule has 1 amide bonds. The fourth-order valence-corrected chi connectivity index (χ4v) is 6.39. The average molecular weight is 505 g/mol. The molecule has 1 saturated heterocycles. The van der Waals surface area contributed by atoms with Gasteiger partial charge in [-0.15, -0.1) is 0 Å². The molecule has 3 N–H and O–H groups in total. The summed E-state index contributed by atoms with van der Waals surface area (Å²) in [7, 11) is -3.91. The van der Waals surface area contributed by atoms with E-state index in [0.29, 0.717) is 17.9 Å². The van der Waals surface area contributed by atoms with Crippen LogP contribution in [0.4, 0.5) is 10.1 Å². The second-order valence-corrected chi connectivity index (χ2v) is 11.2. The number of nitrogens with one attached hydrogen (secondary N) is 2. The third kappa shape index (κ3) is 5.14. The zero-order chi connectivity index (χ0) is 24.6. The van der Waals surface area contributed by atoms with Gasteiger partial charge in [-0.2, -0.15) is 0 Å². The monoisotopic (exact) mass is 504 g/mol. The molecule has 188 valence electrons. The van der Waals surface area contributed by atoms with Gasteiger partial charge in [-0.05, 0) is 61.7 Å². The summed E-state index contributed by atoms with van der Waals surface area (Å²) in [5.41, 5.74) is 1.15. The van der Waals surface area contributed by atoms with Gasteiger partial charge < -0.3 is 19.9 Å². The number of rotatable bonds is 7. The van der Waals surface area contributed by atoms with Gasteiger partial charge in [0.05, 0.1) is 24.0 Å². The number of carbonyl (C=O) groups excluding carboxylic acids is 1. The van der Waals surface area contributed by atoms with E-state index < -0.39 is 28.0 Å². The molecule has 0 spiro atoms. The van der Waals surface area contributed by atoms with Gasteiger partial charge in [-0.25, -0.2) is 12.8 Å². The van der Waals surface area contributed by atoms with Crippen LogP contribution in [0.25, 0.3) is 0 Å². The molecule has 2 fully saturated rings. The van der Waals surface area contributed by atoms with Gasteiger partial charge in [-0.1, -0.05) is 12.8 Å². The molecule has 1 saturated carbocycles. The topological polar surface area (TPSA) is 114 Å². The molecular weight excluding hydrogens is 475 g/mol. The first-order valence-corrected chi connectivity index (χ1v) is 13.5. The van der Waals surface area contributed by atoms with Crippen molar-refractivity contribution in [2.45, 2.75) is 73.7 Å². The molecule has 2 aromatic rings. The molecule has 4 atom stereocenters. The molecule has 2 aliphatic heterocycles. The molecular formula is C25H29FN2O6S. The Morgan fingerprint density at radius 2 is 1.86 bits per heavy atom. The van der Waals surface area contributed by atoms with Crippen molar-refractivity contribution in [2.24, 2.45) is 0 Å². The minimum Gasteiger partial charge on any atom is -0.487 e. The fraction of sp³-hybridized carbons (Fsp3) is 0.480. The van der Waals surface area contributed by atoms with E-state index in [4.69, 9.17) is 9.47 Å². The molecule has 10 heteroatoms. The van der Waals surface area contributed by atoms with Gasteiger partial charge in [0, 0.05) is 23.2 Å². The average Bonchev–Trinajstić information content (AvgIpc) is 3.46. The molecule has 0 radical (unpaired) electrons. The fourth-order valence-electron chi connectivity index (χ4n) is 5.34. The molecule has 35 heavy (non-hydrogen) atoms. The van der Waals surface area contributed by atoms with Crippen LogP contribution < -0.4 is 14.8 Å². The number of benzene rings is 2. The summed E-state index contributed by atoms with van der Waals surface area (Å²) in [4.78, 5) is 12.5. The maximum absolute atomic E-state index is 13.2. The standard InChI is InChI=1S/C25H29FN2O6S/c26-15-5-8-19(9-6-15)35(31,32)28-17-7-10-22-20(11-17)21-12-18(33-23(14-29)25(21)34-22)13-24(30)27-16-3-1-2-4-16/h5-11,16,18,21,23,25,28-29H,1-4,12-14H2,(H,27,30)/t18-,21-,23-,25+/m0/s1. The summed E-state index contributed by atoms with van der Waals surface area (Å²) in [6.45, 7) is -0.250. The number of sulfonamides is 1. The summed E-state index contributed by atoms with van der Waals surface area (Å²) < 4.78 is 53.3. The highest BCUT2D eigenvalue weighted by Gasteiger charge is 2.46. The highest BCUT2D eigenvalue weighted by Crippen LogP contribution is 2.47. The summed E-state index contributed by atoms with van der Waals surface area (Å²) >= 11 is 0. The van der Waals surface area contributed by atoms with Gasteiger partial charge in [0.15, 0.2) is 0 Å². The first-order chi connectivity index (χ1) is 16.8. The number of amides is 1. The normalized spacial score (nSPS) is 26.0. The second-order valence-electron chi connectivity index (χ2n) is 9.47. The quantitative estimate of drug-likeness (QED) is 0.534. The predicted molar refractivity (Wildman–Crippen MR) is 126 cm³/mol. The van der Waals surface area contributed by atoms with Gasteiger partial charge in [0.1, 0.15) is 23.8 Å². The highest BCUT2D eigenvalue weighted by molar-refractivity contribution is 7.92. The van der Waals surface area contributed by atoms with E-state index >= 15 is 0 Å². The number of fused-ring (bicyclic) bond motifs is 3. The molecule has 2 aromatic carbocycles. The Morgan fingerprint density at radius 3 is 2.57 bits per heavy atom. The van der Waals surface area contributed by atoms with Crippen LogP contribution in [0.15, 0.2) is 47.4 Å². The number of aliphatic hydroxyl groups excluding tert-OH is 1. The summed E-state index contributed by atoms with van der Waals surface area (Å²) in [5.74, 6) is -0.135. The Bertz CT molecular complexity index is 1180. The highest BCUT2D eigenvalue weighted by atomic mass is 32.2. The van der Waals surface area contributed by atoms with E-state index in [2.05, 4.69) is 10.0 Å². The Hall–Kier alpha value is -2.69. The van der Waals surface area contributed by atoms with E-state index in [1.807, 2.05) is 0 Å². The van der Waals surface area contributed by atoms with E-state index in [-0.39, 0.29) is 41.9 Å². The van der Waals surface area contributed by atoms with Crippen molar-refractivity contribution in [3.05, 3.63) is 53.8 Å². The Balaban J connectivity index is 1.32. The van der Waals surface area contributed by atoms with Crippen LogP contribution in [0.1, 0.15) is 50.0 Å². The third-order valence-corrected chi connectivity index (χ3v) is 8.41. The van der Waals surface area contributed by atoms with E-state index in [0.717, 1.165) is 43.4 Å². The number of halogens is 1. The van der Waals surface area contributed by atoms with Crippen LogP contribution in [0.5, 0.6) is 5.75 Å². The van der Waals surface area contributed by atoms with Crippen molar-refractivity contribution < 1.29 is 32.2 Å². The largest absolute Gasteiger partial charge is 0.487 e. The molecule has 0 bridgehead atoms. The van der Waals surface area contributed by atoms with Crippen LogP contribution in [0.2, 0.25) is 0 Å². The molecule has 5 rings (SSSR count). The Labute approximate surface area is 203 Å². The molecule has 2 heterocycles.